The summed E-state index contributed by atoms with van der Waals surface area (Å²) in [6.45, 7) is 1.90. The molecule has 0 saturated heterocycles. The summed E-state index contributed by atoms with van der Waals surface area (Å²) in [5.74, 6) is 5.73. The van der Waals surface area contributed by atoms with Crippen LogP contribution in [0.15, 0.2) is 36.4 Å². The molecule has 1 rings (SSSR count). The summed E-state index contributed by atoms with van der Waals surface area (Å²) in [7, 11) is 0. The molecule has 0 saturated carbocycles. The number of hydrogen-bond acceptors (Lipinski definition) is 1. The molecule has 0 aliphatic heterocycles. The van der Waals surface area contributed by atoms with Gasteiger partial charge in [0.2, 0.25) is 0 Å². The SMILES string of the molecule is C/C=C/C#Cc1ccccc1C=O. The fourth-order valence-electron chi connectivity index (χ4n) is 0.916. The normalized spacial score (nSPS) is 9.31. The molecule has 0 radical (unpaired) electrons. The smallest absolute Gasteiger partial charge is 0.151 e. The van der Waals surface area contributed by atoms with E-state index in [-0.39, 0.29) is 0 Å². The maximum atomic E-state index is 10.6. The summed E-state index contributed by atoms with van der Waals surface area (Å²) in [4.78, 5) is 10.6. The van der Waals surface area contributed by atoms with Crippen molar-refractivity contribution in [3.8, 4) is 11.8 Å². The number of benzene rings is 1. The first-order valence-electron chi connectivity index (χ1n) is 4.05. The molecule has 1 aromatic carbocycles. The molecular weight excluding hydrogens is 160 g/mol. The Morgan fingerprint density at radius 1 is 1.31 bits per heavy atom. The highest BCUT2D eigenvalue weighted by molar-refractivity contribution is 5.79. The van der Waals surface area contributed by atoms with Gasteiger partial charge in [-0.2, -0.15) is 0 Å². The monoisotopic (exact) mass is 170 g/mol. The van der Waals surface area contributed by atoms with E-state index in [9.17, 15) is 4.79 Å². The van der Waals surface area contributed by atoms with E-state index >= 15 is 0 Å². The predicted molar refractivity (Wildman–Crippen MR) is 53.5 cm³/mol. The molecule has 0 aromatic heterocycles. The molecule has 1 heteroatoms. The van der Waals surface area contributed by atoms with Gasteiger partial charge in [0.15, 0.2) is 6.29 Å². The van der Waals surface area contributed by atoms with Crippen molar-refractivity contribution in [1.29, 1.82) is 0 Å². The standard InChI is InChI=1S/C12H10O/c1-2-3-4-7-11-8-5-6-9-12(11)10-13/h2-3,5-6,8-10H,1H3/b3-2+. The third kappa shape index (κ3) is 2.61. The van der Waals surface area contributed by atoms with Crippen LogP contribution in [0.25, 0.3) is 0 Å². The van der Waals surface area contributed by atoms with E-state index < -0.39 is 0 Å². The second-order valence-corrected chi connectivity index (χ2v) is 2.47. The first-order chi connectivity index (χ1) is 6.38. The van der Waals surface area contributed by atoms with Crippen molar-refractivity contribution < 1.29 is 4.79 Å². The van der Waals surface area contributed by atoms with E-state index in [1.165, 1.54) is 0 Å². The summed E-state index contributed by atoms with van der Waals surface area (Å²) in [5, 5.41) is 0. The summed E-state index contributed by atoms with van der Waals surface area (Å²) < 4.78 is 0. The highest BCUT2D eigenvalue weighted by Gasteiger charge is 1.94. The summed E-state index contributed by atoms with van der Waals surface area (Å²) >= 11 is 0. The number of hydrogen-bond donors (Lipinski definition) is 0. The van der Waals surface area contributed by atoms with Crippen molar-refractivity contribution in [3.05, 3.63) is 47.5 Å². The van der Waals surface area contributed by atoms with E-state index in [4.69, 9.17) is 0 Å². The molecule has 0 fully saturated rings. The Labute approximate surface area is 78.1 Å². The van der Waals surface area contributed by atoms with Gasteiger partial charge in [0, 0.05) is 11.1 Å². The zero-order valence-corrected chi connectivity index (χ0v) is 7.45. The maximum Gasteiger partial charge on any atom is 0.151 e. The van der Waals surface area contributed by atoms with Crippen LogP contribution in [-0.4, -0.2) is 6.29 Å². The predicted octanol–water partition coefficient (Wildman–Crippen LogP) is 2.43. The van der Waals surface area contributed by atoms with Gasteiger partial charge in [-0.05, 0) is 19.1 Å². The lowest BCUT2D eigenvalue weighted by Crippen LogP contribution is -1.84. The van der Waals surface area contributed by atoms with E-state index in [2.05, 4.69) is 11.8 Å². The molecule has 0 aliphatic carbocycles. The largest absolute Gasteiger partial charge is 0.298 e. The summed E-state index contributed by atoms with van der Waals surface area (Å²) in [6, 6.07) is 7.28. The van der Waals surface area contributed by atoms with Crippen molar-refractivity contribution in [2.24, 2.45) is 0 Å². The van der Waals surface area contributed by atoms with Crippen LogP contribution in [0.1, 0.15) is 22.8 Å². The fourth-order valence-corrected chi connectivity index (χ4v) is 0.916. The van der Waals surface area contributed by atoms with Crippen molar-refractivity contribution in [1.82, 2.24) is 0 Å². The number of aldehydes is 1. The molecule has 0 bridgehead atoms. The number of rotatable bonds is 1. The van der Waals surface area contributed by atoms with Gasteiger partial charge in [0.25, 0.3) is 0 Å². The van der Waals surface area contributed by atoms with Crippen LogP contribution < -0.4 is 0 Å². The summed E-state index contributed by atoms with van der Waals surface area (Å²) in [6.07, 6.45) is 4.43. The van der Waals surface area contributed by atoms with Crippen molar-refractivity contribution >= 4 is 6.29 Å². The second-order valence-electron chi connectivity index (χ2n) is 2.47. The Morgan fingerprint density at radius 2 is 2.08 bits per heavy atom. The molecule has 0 unspecified atom stereocenters. The Hall–Kier alpha value is -1.81. The summed E-state index contributed by atoms with van der Waals surface area (Å²) in [5.41, 5.74) is 1.41. The topological polar surface area (TPSA) is 17.1 Å². The van der Waals surface area contributed by atoms with Crippen molar-refractivity contribution in [2.75, 3.05) is 0 Å². The van der Waals surface area contributed by atoms with Gasteiger partial charge in [-0.25, -0.2) is 0 Å². The number of carbonyl (C=O) groups excluding carboxylic acids is 1. The van der Waals surface area contributed by atoms with Gasteiger partial charge in [0.05, 0.1) is 0 Å². The molecule has 0 heterocycles. The van der Waals surface area contributed by atoms with Crippen molar-refractivity contribution in [3.63, 3.8) is 0 Å². The quantitative estimate of drug-likeness (QED) is 0.467. The lowest BCUT2D eigenvalue weighted by Gasteiger charge is -1.92. The maximum absolute atomic E-state index is 10.6. The average Bonchev–Trinajstić information content (AvgIpc) is 2.19. The minimum Gasteiger partial charge on any atom is -0.298 e. The van der Waals surface area contributed by atoms with Gasteiger partial charge < -0.3 is 0 Å². The van der Waals surface area contributed by atoms with Crippen molar-refractivity contribution in [2.45, 2.75) is 6.92 Å². The third-order valence-electron chi connectivity index (χ3n) is 1.54. The van der Waals surface area contributed by atoms with Crippen LogP contribution in [-0.2, 0) is 0 Å². The minimum atomic E-state index is 0.638. The van der Waals surface area contributed by atoms with Crippen LogP contribution in [0.2, 0.25) is 0 Å². The highest BCUT2D eigenvalue weighted by atomic mass is 16.1. The van der Waals surface area contributed by atoms with Gasteiger partial charge in [0.1, 0.15) is 0 Å². The highest BCUT2D eigenvalue weighted by Crippen LogP contribution is 2.03. The van der Waals surface area contributed by atoms with Gasteiger partial charge >= 0.3 is 0 Å². The molecule has 1 nitrogen and oxygen atoms in total. The fraction of sp³-hybridized carbons (Fsp3) is 0.0833. The molecule has 0 aliphatic rings. The zero-order chi connectivity index (χ0) is 9.52. The first kappa shape index (κ1) is 9.28. The molecule has 13 heavy (non-hydrogen) atoms. The van der Waals surface area contributed by atoms with Crippen LogP contribution >= 0.6 is 0 Å². The lowest BCUT2D eigenvalue weighted by molar-refractivity contribution is 0.112. The molecular formula is C12H10O. The van der Waals surface area contributed by atoms with Crippen LogP contribution in [0, 0.1) is 11.8 Å². The number of allylic oxidation sites excluding steroid dienone is 2. The molecule has 0 atom stereocenters. The number of carbonyl (C=O) groups is 1. The molecule has 1 aromatic rings. The van der Waals surface area contributed by atoms with Crippen LogP contribution in [0.3, 0.4) is 0 Å². The lowest BCUT2D eigenvalue weighted by atomic mass is 10.1. The van der Waals surface area contributed by atoms with E-state index in [0.717, 1.165) is 11.8 Å². The Balaban J connectivity index is 3.02. The molecule has 0 spiro atoms. The van der Waals surface area contributed by atoms with Crippen LogP contribution in [0.4, 0.5) is 0 Å². The Bertz CT molecular complexity index is 378. The van der Waals surface area contributed by atoms with Gasteiger partial charge in [-0.1, -0.05) is 36.1 Å². The van der Waals surface area contributed by atoms with E-state index in [1.807, 2.05) is 31.2 Å². The van der Waals surface area contributed by atoms with E-state index in [0.29, 0.717) is 5.56 Å². The second kappa shape index (κ2) is 4.95. The van der Waals surface area contributed by atoms with Gasteiger partial charge in [-0.15, -0.1) is 0 Å². The zero-order valence-electron chi connectivity index (χ0n) is 7.45. The first-order valence-corrected chi connectivity index (χ1v) is 4.05. The molecule has 0 N–H and O–H groups in total. The molecule has 0 amide bonds. The Morgan fingerprint density at radius 3 is 2.77 bits per heavy atom. The average molecular weight is 170 g/mol. The molecule has 64 valence electrons. The third-order valence-corrected chi connectivity index (χ3v) is 1.54. The van der Waals surface area contributed by atoms with Gasteiger partial charge in [-0.3, -0.25) is 4.79 Å². The Kier molecular flexibility index (Phi) is 3.53. The van der Waals surface area contributed by atoms with Crippen LogP contribution in [0.5, 0.6) is 0 Å². The minimum absolute atomic E-state index is 0.638. The van der Waals surface area contributed by atoms with E-state index in [1.54, 1.807) is 12.1 Å².